The summed E-state index contributed by atoms with van der Waals surface area (Å²) in [5.41, 5.74) is 16.8. The van der Waals surface area contributed by atoms with Crippen LogP contribution in [0.25, 0.3) is 87.6 Å². The molecule has 6 heteroatoms. The molecule has 14 rings (SSSR count). The molecule has 84 heavy (non-hydrogen) atoms. The summed E-state index contributed by atoms with van der Waals surface area (Å²) in [6.45, 7) is 13.5. The fourth-order valence-corrected chi connectivity index (χ4v) is 12.1. The average molecular weight is 1330 g/mol. The minimum absolute atomic E-state index is 0. The van der Waals surface area contributed by atoms with Crippen molar-refractivity contribution in [2.75, 3.05) is 0 Å². The summed E-state index contributed by atoms with van der Waals surface area (Å²) in [6.07, 6.45) is 13.9. The van der Waals surface area contributed by atoms with E-state index in [2.05, 4.69) is 283 Å². The summed E-state index contributed by atoms with van der Waals surface area (Å²) in [6, 6.07) is 87.8. The van der Waals surface area contributed by atoms with Gasteiger partial charge in [-0.3, -0.25) is 0 Å². The van der Waals surface area contributed by atoms with Crippen LogP contribution < -0.4 is 24.8 Å². The van der Waals surface area contributed by atoms with Crippen LogP contribution >= 0.6 is 0 Å². The Hall–Kier alpha value is -5.02. The van der Waals surface area contributed by atoms with Gasteiger partial charge in [0.2, 0.25) is 0 Å². The van der Waals surface area contributed by atoms with E-state index < -0.39 is 0 Å². The van der Waals surface area contributed by atoms with Gasteiger partial charge in [-0.15, -0.1) is 138 Å². The third kappa shape index (κ3) is 18.5. The number of aryl methyl sites for hydroxylation is 2. The van der Waals surface area contributed by atoms with Crippen LogP contribution in [0.2, 0.25) is 26.2 Å². The topological polar surface area (TPSA) is 0 Å². The van der Waals surface area contributed by atoms with Gasteiger partial charge in [-0.2, -0.15) is 24.3 Å². The summed E-state index contributed by atoms with van der Waals surface area (Å²) in [5.74, 6) is 1.57. The van der Waals surface area contributed by atoms with Crippen molar-refractivity contribution in [3.63, 3.8) is 0 Å². The Morgan fingerprint density at radius 2 is 0.548 bits per heavy atom. The Morgan fingerprint density at radius 3 is 0.810 bits per heavy atom. The molecule has 2 fully saturated rings. The molecule has 0 heterocycles. The minimum atomic E-state index is 0. The number of halogens is 2. The number of rotatable bonds is 6. The van der Waals surface area contributed by atoms with Crippen molar-refractivity contribution in [3.05, 3.63) is 265 Å². The molecule has 0 atom stereocenters. The smallest absolute Gasteiger partial charge is 0.0279 e. The number of hydrogen-bond acceptors (Lipinski definition) is 0. The largest absolute Gasteiger partial charge is 1.00 e. The Morgan fingerprint density at radius 1 is 0.310 bits per heavy atom. The van der Waals surface area contributed by atoms with Gasteiger partial charge in [0.1, 0.15) is 0 Å². The second kappa shape index (κ2) is 33.8. The molecule has 0 unspecified atom stereocenters. The maximum Gasteiger partial charge on any atom is -0.0279 e. The molecule has 0 N–H and O–H groups in total. The third-order valence-electron chi connectivity index (χ3n) is 15.8. The molecular formula is C78H80Cl2Si2Zr2-2. The normalized spacial score (nSPS) is 13.0. The van der Waals surface area contributed by atoms with Gasteiger partial charge in [-0.25, -0.2) is 0 Å². The van der Waals surface area contributed by atoms with E-state index in [1.807, 2.05) is 0 Å². The zero-order valence-corrected chi connectivity index (χ0v) is 58.5. The number of hydrogen-bond donors (Lipinski definition) is 0. The molecule has 0 amide bonds. The van der Waals surface area contributed by atoms with E-state index in [9.17, 15) is 0 Å². The predicted octanol–water partition coefficient (Wildman–Crippen LogP) is 17.2. The van der Waals surface area contributed by atoms with Gasteiger partial charge in [0.15, 0.2) is 0 Å². The summed E-state index contributed by atoms with van der Waals surface area (Å²) in [7, 11) is 0. The molecule has 0 aromatic heterocycles. The third-order valence-corrected chi connectivity index (χ3v) is 15.8. The van der Waals surface area contributed by atoms with Crippen molar-refractivity contribution < 1.29 is 71.5 Å². The monoisotopic (exact) mass is 1320 g/mol. The Labute approximate surface area is 545 Å². The standard InChI is InChI=1S/2C21H21.2C16H13.2C2H6Si.2ClH.2Zr/c2*1-3-8-16(9-4-1)19-14-18-12-7-13-20(21(18)15-19)17-10-5-2-6-11-17;2*1-12-10-14-8-5-9-15(16(14)11-12)13-6-3-2-4-7-13;2*1-3-2;;;;/h2*2,5-7,10-16H,1,3-4,8-9H2;2*2-11H,1H3;2*1-2H3;2*1H;;/q4*-1;;;;;2*+2/p-2. The minimum Gasteiger partial charge on any atom is -1.00 e. The fourth-order valence-electron chi connectivity index (χ4n) is 12.1. The van der Waals surface area contributed by atoms with Crippen LogP contribution in [0.15, 0.2) is 243 Å². The van der Waals surface area contributed by atoms with Crippen LogP contribution in [0.4, 0.5) is 0 Å². The first-order chi connectivity index (χ1) is 40.0. The second-order valence-corrected chi connectivity index (χ2v) is 41.8. The van der Waals surface area contributed by atoms with Crippen LogP contribution in [0, 0.1) is 13.8 Å². The van der Waals surface area contributed by atoms with E-state index in [0.29, 0.717) is 0 Å². The average Bonchev–Trinajstić information content (AvgIpc) is 4.50. The molecule has 12 aromatic rings. The van der Waals surface area contributed by atoms with Crippen LogP contribution in [-0.2, 0) is 46.7 Å². The van der Waals surface area contributed by atoms with E-state index >= 15 is 0 Å². The van der Waals surface area contributed by atoms with E-state index in [-0.39, 0.29) is 35.7 Å². The molecule has 0 bridgehead atoms. The van der Waals surface area contributed by atoms with E-state index in [4.69, 9.17) is 0 Å². The zero-order chi connectivity index (χ0) is 57.2. The molecule has 2 aliphatic carbocycles. The molecule has 0 radical (unpaired) electrons. The van der Waals surface area contributed by atoms with Crippen LogP contribution in [-0.4, -0.2) is 10.9 Å². The maximum atomic E-state index is 2.45. The first kappa shape index (κ1) is 66.5. The molecule has 0 nitrogen and oxygen atoms in total. The summed E-state index contributed by atoms with van der Waals surface area (Å²) in [4.78, 5) is 0. The molecule has 0 saturated heterocycles. The molecule has 424 valence electrons. The first-order valence-electron chi connectivity index (χ1n) is 29.9. The molecule has 2 saturated carbocycles. The van der Waals surface area contributed by atoms with E-state index in [1.165, 1.54) is 163 Å². The van der Waals surface area contributed by atoms with Gasteiger partial charge in [-0.05, 0) is 59.8 Å². The Bertz CT molecular complexity index is 3660. The van der Waals surface area contributed by atoms with Gasteiger partial charge < -0.3 is 24.8 Å². The molecule has 0 aliphatic heterocycles. The molecule has 0 spiro atoms. The zero-order valence-electron chi connectivity index (χ0n) is 50.1. The quantitative estimate of drug-likeness (QED) is 0.115. The van der Waals surface area contributed by atoms with Crippen molar-refractivity contribution >= 4 is 54.0 Å². The van der Waals surface area contributed by atoms with Crippen molar-refractivity contribution in [2.45, 2.75) is 116 Å². The van der Waals surface area contributed by atoms with Gasteiger partial charge in [0.05, 0.1) is 0 Å². The van der Waals surface area contributed by atoms with Gasteiger partial charge in [0, 0.05) is 0 Å². The fraction of sp³-hybridized carbons (Fsp3) is 0.231. The van der Waals surface area contributed by atoms with Crippen molar-refractivity contribution in [2.24, 2.45) is 0 Å². The summed E-state index contributed by atoms with van der Waals surface area (Å²) in [5, 5.41) is 11.0. The molecular weight excluding hydrogens is 1250 g/mol. The van der Waals surface area contributed by atoms with E-state index in [1.54, 1.807) is 57.8 Å². The number of fused-ring (bicyclic) bond motifs is 4. The summed E-state index contributed by atoms with van der Waals surface area (Å²) >= 11 is 3.48. The van der Waals surface area contributed by atoms with Crippen molar-refractivity contribution in [3.8, 4) is 44.5 Å². The predicted molar refractivity (Wildman–Crippen MR) is 356 cm³/mol. The Balaban J connectivity index is 0.000000154. The van der Waals surface area contributed by atoms with Gasteiger partial charge in [-0.1, -0.05) is 220 Å². The van der Waals surface area contributed by atoms with Crippen molar-refractivity contribution in [1.29, 1.82) is 0 Å². The number of benzene rings is 8. The maximum absolute atomic E-state index is 2.45. The first-order valence-corrected chi connectivity index (χ1v) is 42.3. The van der Waals surface area contributed by atoms with Crippen LogP contribution in [0.1, 0.15) is 98.3 Å². The van der Waals surface area contributed by atoms with E-state index in [0.717, 1.165) is 11.8 Å². The summed E-state index contributed by atoms with van der Waals surface area (Å²) < 4.78 is 0. The second-order valence-electron chi connectivity index (χ2n) is 23.0. The molecule has 12 aromatic carbocycles. The van der Waals surface area contributed by atoms with Gasteiger partial charge >= 0.3 is 83.7 Å². The van der Waals surface area contributed by atoms with Crippen molar-refractivity contribution in [1.82, 2.24) is 0 Å². The SMILES string of the molecule is C[Si](C)=[Zr+2].C[Si](C)=[Zr+2].Cc1cc2c(-c3ccccc3)cccc2[cH-]1.Cc1cc2c(-c3ccccc3)cccc2[cH-]1.[Cl-].[Cl-].c1ccc(-c2cccc3[cH-]c(C4CCCCC4)cc23)cc1.c1ccc(-c2cccc3[cH-]c(C4CCCCC4)cc23)cc1. The Kier molecular flexibility index (Phi) is 26.7. The van der Waals surface area contributed by atoms with Crippen LogP contribution in [0.3, 0.4) is 0 Å². The molecule has 2 aliphatic rings. The van der Waals surface area contributed by atoms with Crippen LogP contribution in [0.5, 0.6) is 0 Å². The van der Waals surface area contributed by atoms with Gasteiger partial charge in [0.25, 0.3) is 0 Å².